The Morgan fingerprint density at radius 3 is 2.35 bits per heavy atom. The number of hydrogen-bond acceptors (Lipinski definition) is 3. The van der Waals surface area contributed by atoms with Crippen molar-refractivity contribution in [2.24, 2.45) is 0 Å². The number of ether oxygens (including phenoxy) is 1. The number of methoxy groups -OCH3 is 1. The summed E-state index contributed by atoms with van der Waals surface area (Å²) in [5.41, 5.74) is 0.304. The number of carbonyl (C=O) groups is 2. The molecule has 4 nitrogen and oxygen atoms in total. The van der Waals surface area contributed by atoms with E-state index >= 15 is 0 Å². The molecule has 0 heterocycles. The van der Waals surface area contributed by atoms with Crippen LogP contribution in [0, 0.1) is 6.92 Å². The van der Waals surface area contributed by atoms with E-state index in [1.54, 1.807) is 5.32 Å². The van der Waals surface area contributed by atoms with Gasteiger partial charge in [-0.2, -0.15) is 8.78 Å². The van der Waals surface area contributed by atoms with Crippen LogP contribution in [0.2, 0.25) is 0 Å². The van der Waals surface area contributed by atoms with Gasteiger partial charge in [0.2, 0.25) is 0 Å². The molecule has 0 fully saturated rings. The number of rotatable bonds is 4. The SMILES string of the molecule is COC(=O)c1ccc(NC(=O)C(F)(F)C(F)F)c(C)c1. The highest BCUT2D eigenvalue weighted by Crippen LogP contribution is 2.26. The summed E-state index contributed by atoms with van der Waals surface area (Å²) in [5.74, 6) is -7.54. The third-order valence-corrected chi connectivity index (χ3v) is 2.47. The van der Waals surface area contributed by atoms with Gasteiger partial charge < -0.3 is 10.1 Å². The van der Waals surface area contributed by atoms with E-state index in [0.29, 0.717) is 0 Å². The molecule has 0 aromatic heterocycles. The first-order valence-corrected chi connectivity index (χ1v) is 5.36. The highest BCUT2D eigenvalue weighted by molar-refractivity contribution is 5.98. The van der Waals surface area contributed by atoms with E-state index in [-0.39, 0.29) is 16.8 Å². The van der Waals surface area contributed by atoms with Gasteiger partial charge in [-0.3, -0.25) is 4.79 Å². The van der Waals surface area contributed by atoms with Crippen LogP contribution in [0.1, 0.15) is 15.9 Å². The van der Waals surface area contributed by atoms with Crippen molar-refractivity contribution in [3.8, 4) is 0 Å². The van der Waals surface area contributed by atoms with Crippen molar-refractivity contribution in [3.63, 3.8) is 0 Å². The predicted molar refractivity (Wildman–Crippen MR) is 62.1 cm³/mol. The number of benzene rings is 1. The van der Waals surface area contributed by atoms with Gasteiger partial charge in [0.25, 0.3) is 0 Å². The third kappa shape index (κ3) is 3.25. The number of aryl methyl sites for hydroxylation is 1. The van der Waals surface area contributed by atoms with E-state index in [0.717, 1.165) is 13.2 Å². The Kier molecular flexibility index (Phi) is 4.69. The molecule has 0 unspecified atom stereocenters. The van der Waals surface area contributed by atoms with Gasteiger partial charge in [-0.05, 0) is 30.7 Å². The molecule has 0 bridgehead atoms. The number of nitrogens with one attached hydrogen (secondary N) is 1. The Labute approximate surface area is 111 Å². The number of halogens is 4. The summed E-state index contributed by atoms with van der Waals surface area (Å²) >= 11 is 0. The van der Waals surface area contributed by atoms with Gasteiger partial charge in [-0.25, -0.2) is 13.6 Å². The van der Waals surface area contributed by atoms with E-state index in [1.807, 2.05) is 0 Å². The second kappa shape index (κ2) is 5.89. The summed E-state index contributed by atoms with van der Waals surface area (Å²) in [6.07, 6.45) is -4.10. The number of anilines is 1. The minimum atomic E-state index is -4.78. The van der Waals surface area contributed by atoms with Crippen LogP contribution in [0.15, 0.2) is 18.2 Å². The van der Waals surface area contributed by atoms with Crippen LogP contribution in [0.3, 0.4) is 0 Å². The Balaban J connectivity index is 2.95. The van der Waals surface area contributed by atoms with Gasteiger partial charge in [-0.15, -0.1) is 0 Å². The lowest BCUT2D eigenvalue weighted by molar-refractivity contribution is -0.163. The van der Waals surface area contributed by atoms with Gasteiger partial charge in [0, 0.05) is 5.69 Å². The summed E-state index contributed by atoms with van der Waals surface area (Å²) in [5, 5.41) is 1.69. The predicted octanol–water partition coefficient (Wildman–Crippen LogP) is 2.62. The first-order chi connectivity index (χ1) is 9.20. The summed E-state index contributed by atoms with van der Waals surface area (Å²) in [6, 6.07) is 3.65. The molecule has 1 aromatic rings. The first kappa shape index (κ1) is 15.9. The molecule has 1 N–H and O–H groups in total. The van der Waals surface area contributed by atoms with E-state index in [4.69, 9.17) is 0 Å². The lowest BCUT2D eigenvalue weighted by Gasteiger charge is -2.16. The topological polar surface area (TPSA) is 55.4 Å². The van der Waals surface area contributed by atoms with Crippen LogP contribution in [-0.2, 0) is 9.53 Å². The average Bonchev–Trinajstić information content (AvgIpc) is 2.39. The molecule has 1 aromatic carbocycles. The minimum Gasteiger partial charge on any atom is -0.465 e. The second-order valence-electron chi connectivity index (χ2n) is 3.90. The van der Waals surface area contributed by atoms with E-state index in [2.05, 4.69) is 4.74 Å². The third-order valence-electron chi connectivity index (χ3n) is 2.47. The molecule has 110 valence electrons. The molecule has 0 saturated heterocycles. The number of carbonyl (C=O) groups excluding carboxylic acids is 2. The van der Waals surface area contributed by atoms with Gasteiger partial charge in [0.15, 0.2) is 0 Å². The van der Waals surface area contributed by atoms with Crippen LogP contribution >= 0.6 is 0 Å². The highest BCUT2D eigenvalue weighted by atomic mass is 19.3. The van der Waals surface area contributed by atoms with Crippen molar-refractivity contribution in [2.75, 3.05) is 12.4 Å². The van der Waals surface area contributed by atoms with Gasteiger partial charge >= 0.3 is 24.2 Å². The number of alkyl halides is 4. The second-order valence-corrected chi connectivity index (χ2v) is 3.90. The number of amides is 1. The smallest absolute Gasteiger partial charge is 0.383 e. The molecule has 0 saturated carbocycles. The van der Waals surface area contributed by atoms with Crippen molar-refractivity contribution in [1.82, 2.24) is 0 Å². The van der Waals surface area contributed by atoms with Gasteiger partial charge in [0.05, 0.1) is 12.7 Å². The maximum atomic E-state index is 12.8. The van der Waals surface area contributed by atoms with E-state index < -0.39 is 24.2 Å². The molecule has 0 spiro atoms. The lowest BCUT2D eigenvalue weighted by atomic mass is 10.1. The molecule has 0 atom stereocenters. The Morgan fingerprint density at radius 1 is 1.30 bits per heavy atom. The van der Waals surface area contributed by atoms with Crippen molar-refractivity contribution in [2.45, 2.75) is 19.3 Å². The van der Waals surface area contributed by atoms with Crippen molar-refractivity contribution < 1.29 is 31.9 Å². The zero-order valence-corrected chi connectivity index (χ0v) is 10.5. The van der Waals surface area contributed by atoms with Crippen LogP contribution in [0.4, 0.5) is 23.2 Å². The van der Waals surface area contributed by atoms with Crippen LogP contribution in [0.5, 0.6) is 0 Å². The maximum Gasteiger partial charge on any atom is 0.383 e. The monoisotopic (exact) mass is 293 g/mol. The molecule has 0 radical (unpaired) electrons. The zero-order valence-electron chi connectivity index (χ0n) is 10.5. The molecule has 8 heteroatoms. The van der Waals surface area contributed by atoms with Gasteiger partial charge in [0.1, 0.15) is 0 Å². The Bertz CT molecular complexity index is 531. The van der Waals surface area contributed by atoms with E-state index in [1.165, 1.54) is 19.1 Å². The molecular formula is C12H11F4NO3. The Morgan fingerprint density at radius 2 is 1.90 bits per heavy atom. The first-order valence-electron chi connectivity index (χ1n) is 5.36. The summed E-state index contributed by atoms with van der Waals surface area (Å²) in [7, 11) is 1.16. The normalized spacial score (nSPS) is 11.3. The zero-order chi connectivity index (χ0) is 15.5. The summed E-state index contributed by atoms with van der Waals surface area (Å²) in [6.45, 7) is 1.42. The molecule has 0 aliphatic carbocycles. The fraction of sp³-hybridized carbons (Fsp3) is 0.333. The fourth-order valence-corrected chi connectivity index (χ4v) is 1.35. The fourth-order valence-electron chi connectivity index (χ4n) is 1.35. The van der Waals surface area contributed by atoms with Crippen LogP contribution < -0.4 is 5.32 Å². The quantitative estimate of drug-likeness (QED) is 0.686. The molecule has 1 amide bonds. The molecule has 0 aliphatic rings. The van der Waals surface area contributed by atoms with Crippen LogP contribution in [-0.4, -0.2) is 31.3 Å². The summed E-state index contributed by atoms with van der Waals surface area (Å²) < 4.78 is 54.0. The largest absolute Gasteiger partial charge is 0.465 e. The average molecular weight is 293 g/mol. The maximum absolute atomic E-state index is 12.8. The highest BCUT2D eigenvalue weighted by Gasteiger charge is 2.49. The summed E-state index contributed by atoms with van der Waals surface area (Å²) in [4.78, 5) is 22.3. The van der Waals surface area contributed by atoms with Crippen molar-refractivity contribution in [1.29, 1.82) is 0 Å². The molecule has 1 rings (SSSR count). The Hall–Kier alpha value is -2.12. The number of esters is 1. The van der Waals surface area contributed by atoms with Crippen molar-refractivity contribution in [3.05, 3.63) is 29.3 Å². The van der Waals surface area contributed by atoms with Gasteiger partial charge in [-0.1, -0.05) is 0 Å². The molecular weight excluding hydrogens is 282 g/mol. The van der Waals surface area contributed by atoms with Crippen molar-refractivity contribution >= 4 is 17.6 Å². The molecule has 0 aliphatic heterocycles. The standard InChI is InChI=1S/C12H11F4NO3/c1-6-5-7(9(18)20-2)3-4-8(6)17-11(19)12(15,16)10(13)14/h3-5,10H,1-2H3,(H,17,19). The number of hydrogen-bond donors (Lipinski definition) is 1. The minimum absolute atomic E-state index is 0.0945. The van der Waals surface area contributed by atoms with Crippen LogP contribution in [0.25, 0.3) is 0 Å². The lowest BCUT2D eigenvalue weighted by Crippen LogP contribution is -2.41. The van der Waals surface area contributed by atoms with E-state index in [9.17, 15) is 27.2 Å². The molecule has 20 heavy (non-hydrogen) atoms.